The Kier molecular flexibility index (Phi) is 6.00. The summed E-state index contributed by atoms with van der Waals surface area (Å²) < 4.78 is 14.0. The molecule has 0 atom stereocenters. The van der Waals surface area contributed by atoms with E-state index in [4.69, 9.17) is 9.47 Å². The number of esters is 1. The number of aryl methyl sites for hydroxylation is 2. The van der Waals surface area contributed by atoms with Crippen molar-refractivity contribution in [1.29, 1.82) is 0 Å². The van der Waals surface area contributed by atoms with Gasteiger partial charge in [0.05, 0.1) is 12.8 Å². The predicted molar refractivity (Wildman–Crippen MR) is 111 cm³/mol. The number of carbonyl (C=O) groups excluding carboxylic acids is 1. The van der Waals surface area contributed by atoms with Crippen molar-refractivity contribution in [3.05, 3.63) is 50.7 Å². The van der Waals surface area contributed by atoms with Gasteiger partial charge in [-0.1, -0.05) is 0 Å². The van der Waals surface area contributed by atoms with Crippen molar-refractivity contribution in [1.82, 2.24) is 18.7 Å². The molecule has 2 heterocycles. The molecule has 0 aliphatic heterocycles. The Balaban J connectivity index is 1.72. The molecule has 3 rings (SSSR count). The summed E-state index contributed by atoms with van der Waals surface area (Å²) in [6.45, 7) is 1.88. The van der Waals surface area contributed by atoms with Gasteiger partial charge in [-0.3, -0.25) is 13.9 Å². The molecule has 1 aromatic carbocycles. The van der Waals surface area contributed by atoms with Crippen molar-refractivity contribution in [2.75, 3.05) is 18.6 Å². The van der Waals surface area contributed by atoms with Gasteiger partial charge in [0.2, 0.25) is 5.95 Å². The summed E-state index contributed by atoms with van der Waals surface area (Å²) in [7, 11) is 4.63. The minimum Gasteiger partial charge on any atom is -0.482 e. The molecule has 0 aliphatic carbocycles. The van der Waals surface area contributed by atoms with E-state index in [0.29, 0.717) is 23.8 Å². The normalized spacial score (nSPS) is 11.2. The summed E-state index contributed by atoms with van der Waals surface area (Å²) in [4.78, 5) is 40.0. The van der Waals surface area contributed by atoms with Crippen LogP contribution in [0.2, 0.25) is 0 Å². The van der Waals surface area contributed by atoms with E-state index in [1.165, 1.54) is 11.6 Å². The number of hydrogen-bond donors (Lipinski definition) is 1. The van der Waals surface area contributed by atoms with E-state index < -0.39 is 17.2 Å². The van der Waals surface area contributed by atoms with Crippen LogP contribution < -0.4 is 21.4 Å². The van der Waals surface area contributed by atoms with Gasteiger partial charge in [0.1, 0.15) is 5.75 Å². The molecule has 0 bridgehead atoms. The largest absolute Gasteiger partial charge is 0.482 e. The molecular weight excluding hydrogens is 392 g/mol. The van der Waals surface area contributed by atoms with Gasteiger partial charge in [-0.05, 0) is 36.8 Å². The number of benzene rings is 1. The van der Waals surface area contributed by atoms with Crippen molar-refractivity contribution in [2.45, 2.75) is 6.92 Å². The average molecular weight is 414 g/mol. The number of nitrogens with zero attached hydrogens (tertiary/aromatic N) is 5. The molecule has 0 unspecified atom stereocenters. The van der Waals surface area contributed by atoms with E-state index in [0.717, 1.165) is 10.1 Å². The fourth-order valence-corrected chi connectivity index (χ4v) is 2.78. The third-order valence-electron chi connectivity index (χ3n) is 4.40. The first-order valence-corrected chi connectivity index (χ1v) is 9.13. The van der Waals surface area contributed by atoms with Gasteiger partial charge in [0.15, 0.2) is 17.8 Å². The lowest BCUT2D eigenvalue weighted by molar-refractivity contribution is -0.145. The molecule has 3 aromatic rings. The number of aromatic nitrogens is 4. The van der Waals surface area contributed by atoms with Crippen LogP contribution in [0, 0.1) is 0 Å². The molecule has 158 valence electrons. The second kappa shape index (κ2) is 8.64. The topological polar surface area (TPSA) is 122 Å². The Morgan fingerprint density at radius 1 is 1.13 bits per heavy atom. The highest BCUT2D eigenvalue weighted by Crippen LogP contribution is 2.14. The lowest BCUT2D eigenvalue weighted by atomic mass is 10.2. The van der Waals surface area contributed by atoms with E-state index >= 15 is 0 Å². The third-order valence-corrected chi connectivity index (χ3v) is 4.40. The number of ether oxygens (including phenoxy) is 2. The summed E-state index contributed by atoms with van der Waals surface area (Å²) in [5, 5.41) is 4.13. The van der Waals surface area contributed by atoms with Crippen LogP contribution in [0.4, 0.5) is 5.95 Å². The molecule has 0 saturated heterocycles. The summed E-state index contributed by atoms with van der Waals surface area (Å²) in [6.07, 6.45) is 1.56. The summed E-state index contributed by atoms with van der Waals surface area (Å²) in [5.41, 5.74) is 3.23. The first kappa shape index (κ1) is 20.8. The predicted octanol–water partition coefficient (Wildman–Crippen LogP) is 0.359. The fraction of sp³-hybridized carbons (Fsp3) is 0.316. The number of hydrogen-bond acceptors (Lipinski definition) is 8. The van der Waals surface area contributed by atoms with Gasteiger partial charge >= 0.3 is 11.7 Å². The highest BCUT2D eigenvalue weighted by molar-refractivity contribution is 5.81. The number of fused-ring (bicyclic) bond motifs is 1. The highest BCUT2D eigenvalue weighted by Gasteiger charge is 2.16. The lowest BCUT2D eigenvalue weighted by Gasteiger charge is -2.05. The Morgan fingerprint density at radius 3 is 2.50 bits per heavy atom. The summed E-state index contributed by atoms with van der Waals surface area (Å²) in [6, 6.07) is 6.93. The Morgan fingerprint density at radius 2 is 1.83 bits per heavy atom. The second-order valence-electron chi connectivity index (χ2n) is 6.41. The van der Waals surface area contributed by atoms with Crippen LogP contribution in [0.25, 0.3) is 11.2 Å². The summed E-state index contributed by atoms with van der Waals surface area (Å²) in [5.74, 6) is 0.413. The average Bonchev–Trinajstić information content (AvgIpc) is 3.07. The van der Waals surface area contributed by atoms with Crippen molar-refractivity contribution in [3.8, 4) is 5.75 Å². The zero-order valence-electron chi connectivity index (χ0n) is 17.1. The molecule has 11 nitrogen and oxygen atoms in total. The van der Waals surface area contributed by atoms with Crippen molar-refractivity contribution in [2.24, 2.45) is 26.2 Å². The maximum Gasteiger partial charge on any atom is 0.344 e. The molecular formula is C19H22N6O5. The number of hydrazone groups is 1. The number of rotatable bonds is 7. The number of carbonyl (C=O) groups is 1. The molecule has 11 heteroatoms. The van der Waals surface area contributed by atoms with Crippen LogP contribution in [0.1, 0.15) is 12.5 Å². The standard InChI is InChI=1S/C19H22N6O5/c1-5-29-14(26)11-30-13-8-6-12(7-9-13)10-20-22-18-21-16-15(23(18)2)17(27)25(4)19(28)24(16)3/h6-10H,5,11H2,1-4H3,(H,21,22)/b20-10+. The number of nitrogens with one attached hydrogen (secondary N) is 1. The van der Waals surface area contributed by atoms with E-state index in [-0.39, 0.29) is 12.3 Å². The Labute approximate surface area is 171 Å². The molecule has 0 aliphatic rings. The smallest absolute Gasteiger partial charge is 0.344 e. The first-order valence-electron chi connectivity index (χ1n) is 9.13. The lowest BCUT2D eigenvalue weighted by Crippen LogP contribution is -2.37. The van der Waals surface area contributed by atoms with Crippen LogP contribution in [0.5, 0.6) is 5.75 Å². The van der Waals surface area contributed by atoms with Gasteiger partial charge in [-0.25, -0.2) is 15.0 Å². The van der Waals surface area contributed by atoms with E-state index in [1.807, 2.05) is 0 Å². The van der Waals surface area contributed by atoms with Crippen LogP contribution in [-0.2, 0) is 30.7 Å². The first-order chi connectivity index (χ1) is 14.3. The SMILES string of the molecule is CCOC(=O)COc1ccc(/C=N/Nc2nc3c(c(=O)n(C)c(=O)n3C)n2C)cc1. The van der Waals surface area contributed by atoms with Gasteiger partial charge in [0.25, 0.3) is 5.56 Å². The minimum absolute atomic E-state index is 0.155. The zero-order chi connectivity index (χ0) is 21.8. The van der Waals surface area contributed by atoms with E-state index in [2.05, 4.69) is 15.5 Å². The van der Waals surface area contributed by atoms with Crippen LogP contribution in [0.15, 0.2) is 39.0 Å². The molecule has 0 amide bonds. The summed E-state index contributed by atoms with van der Waals surface area (Å²) >= 11 is 0. The molecule has 30 heavy (non-hydrogen) atoms. The quantitative estimate of drug-likeness (QED) is 0.336. The molecule has 0 spiro atoms. The second-order valence-corrected chi connectivity index (χ2v) is 6.41. The third kappa shape index (κ3) is 4.09. The van der Waals surface area contributed by atoms with Crippen LogP contribution in [-0.4, -0.2) is 44.1 Å². The number of imidazole rings is 1. The van der Waals surface area contributed by atoms with Crippen LogP contribution in [0.3, 0.4) is 0 Å². The van der Waals surface area contributed by atoms with E-state index in [9.17, 15) is 14.4 Å². The molecule has 1 N–H and O–H groups in total. The van der Waals surface area contributed by atoms with Gasteiger partial charge < -0.3 is 14.0 Å². The molecule has 0 fully saturated rings. The van der Waals surface area contributed by atoms with Gasteiger partial charge in [-0.15, -0.1) is 0 Å². The monoisotopic (exact) mass is 414 g/mol. The highest BCUT2D eigenvalue weighted by atomic mass is 16.6. The molecule has 0 saturated carbocycles. The molecule has 2 aromatic heterocycles. The number of anilines is 1. The van der Waals surface area contributed by atoms with Gasteiger partial charge in [0, 0.05) is 21.1 Å². The van der Waals surface area contributed by atoms with Crippen molar-refractivity contribution < 1.29 is 14.3 Å². The van der Waals surface area contributed by atoms with Crippen LogP contribution >= 0.6 is 0 Å². The Bertz CT molecular complexity index is 1220. The maximum absolute atomic E-state index is 12.4. The van der Waals surface area contributed by atoms with E-state index in [1.54, 1.807) is 56.1 Å². The van der Waals surface area contributed by atoms with Crippen molar-refractivity contribution in [3.63, 3.8) is 0 Å². The fourth-order valence-electron chi connectivity index (χ4n) is 2.78. The minimum atomic E-state index is -0.453. The molecule has 0 radical (unpaired) electrons. The van der Waals surface area contributed by atoms with Crippen molar-refractivity contribution >= 4 is 29.3 Å². The Hall–Kier alpha value is -3.89. The zero-order valence-corrected chi connectivity index (χ0v) is 17.1. The van der Waals surface area contributed by atoms with Gasteiger partial charge in [-0.2, -0.15) is 10.1 Å². The maximum atomic E-state index is 12.4.